The third-order valence-corrected chi connectivity index (χ3v) is 4.87. The number of halogens is 1. The predicted molar refractivity (Wildman–Crippen MR) is 104 cm³/mol. The average Bonchev–Trinajstić information content (AvgIpc) is 2.52. The molecule has 0 unspecified atom stereocenters. The summed E-state index contributed by atoms with van der Waals surface area (Å²) in [4.78, 5) is 17.4. The lowest BCUT2D eigenvalue weighted by Gasteiger charge is -2.31. The number of carbonyl (C=O) groups is 1. The molecule has 0 aromatic rings. The van der Waals surface area contributed by atoms with Gasteiger partial charge in [-0.05, 0) is 26.7 Å². The second-order valence-electron chi connectivity index (χ2n) is 5.17. The Morgan fingerprint density at radius 1 is 1.33 bits per heavy atom. The summed E-state index contributed by atoms with van der Waals surface area (Å²) in [7, 11) is -3.19. The highest BCUT2D eigenvalue weighted by Gasteiger charge is 2.23. The van der Waals surface area contributed by atoms with E-state index in [0.717, 1.165) is 12.8 Å². The van der Waals surface area contributed by atoms with Crippen LogP contribution in [0.2, 0.25) is 0 Å². The van der Waals surface area contributed by atoms with Gasteiger partial charge >= 0.3 is 6.09 Å². The molecule has 9 nitrogen and oxygen atoms in total. The molecule has 1 saturated heterocycles. The van der Waals surface area contributed by atoms with Crippen molar-refractivity contribution in [2.24, 2.45) is 10.7 Å². The van der Waals surface area contributed by atoms with Crippen molar-refractivity contribution in [1.29, 1.82) is 0 Å². The van der Waals surface area contributed by atoms with Gasteiger partial charge in [0.15, 0.2) is 5.96 Å². The summed E-state index contributed by atoms with van der Waals surface area (Å²) in [5.41, 5.74) is 5.79. The molecule has 0 aromatic carbocycles. The lowest BCUT2D eigenvalue weighted by Crippen LogP contribution is -2.48. The van der Waals surface area contributed by atoms with E-state index in [0.29, 0.717) is 19.7 Å². The average molecular weight is 477 g/mol. The minimum atomic E-state index is -3.19. The molecule has 11 heteroatoms. The number of carbonyl (C=O) groups excluding carboxylic acids is 1. The van der Waals surface area contributed by atoms with Crippen LogP contribution in [0.25, 0.3) is 0 Å². The molecular weight excluding hydrogens is 449 g/mol. The van der Waals surface area contributed by atoms with Crippen LogP contribution in [0, 0.1) is 0 Å². The van der Waals surface area contributed by atoms with Crippen molar-refractivity contribution < 1.29 is 17.9 Å². The summed E-state index contributed by atoms with van der Waals surface area (Å²) in [6.45, 7) is 5.45. The van der Waals surface area contributed by atoms with E-state index in [9.17, 15) is 13.2 Å². The first-order chi connectivity index (χ1) is 10.9. The van der Waals surface area contributed by atoms with Crippen molar-refractivity contribution in [1.82, 2.24) is 14.9 Å². The van der Waals surface area contributed by atoms with Crippen LogP contribution in [0.5, 0.6) is 0 Å². The Morgan fingerprint density at radius 2 is 1.96 bits per heavy atom. The molecule has 1 fully saturated rings. The Hall–Kier alpha value is -0.820. The third-order valence-electron chi connectivity index (χ3n) is 3.47. The van der Waals surface area contributed by atoms with Gasteiger partial charge in [-0.15, -0.1) is 24.0 Å². The van der Waals surface area contributed by atoms with Crippen LogP contribution in [0.1, 0.15) is 26.7 Å². The molecule has 1 aliphatic rings. The molecular formula is C13H28IN5O4S. The normalized spacial score (nSPS) is 16.4. The highest BCUT2D eigenvalue weighted by atomic mass is 127. The molecule has 1 aliphatic heterocycles. The van der Waals surface area contributed by atoms with Crippen LogP contribution in [0.15, 0.2) is 4.99 Å². The number of hydrogen-bond donors (Lipinski definition) is 3. The zero-order chi connectivity index (χ0) is 17.3. The molecule has 142 valence electrons. The summed E-state index contributed by atoms with van der Waals surface area (Å²) in [6.07, 6.45) is 1.24. The standard InChI is InChI=1S/C13H27N5O4S.HI/c1-3-22-13(19)18-9-5-11(6-10-18)17-12(14)15-7-8-16-23(20,21)4-2;/h11,16H,3-10H2,1-2H3,(H3,14,15,17);1H. The fraction of sp³-hybridized carbons (Fsp3) is 0.846. The summed E-state index contributed by atoms with van der Waals surface area (Å²) >= 11 is 0. The maximum atomic E-state index is 11.6. The van der Waals surface area contributed by atoms with Crippen molar-refractivity contribution in [2.75, 3.05) is 38.5 Å². The fourth-order valence-corrected chi connectivity index (χ4v) is 2.76. The number of amides is 1. The maximum Gasteiger partial charge on any atom is 0.409 e. The lowest BCUT2D eigenvalue weighted by atomic mass is 10.1. The summed E-state index contributed by atoms with van der Waals surface area (Å²) in [5, 5.41) is 3.09. The van der Waals surface area contributed by atoms with Gasteiger partial charge in [-0.1, -0.05) is 0 Å². The Labute approximate surface area is 160 Å². The van der Waals surface area contributed by atoms with E-state index in [4.69, 9.17) is 10.5 Å². The van der Waals surface area contributed by atoms with E-state index < -0.39 is 10.0 Å². The molecule has 0 aromatic heterocycles. The van der Waals surface area contributed by atoms with E-state index in [-0.39, 0.29) is 60.9 Å². The van der Waals surface area contributed by atoms with Gasteiger partial charge in [0.1, 0.15) is 0 Å². The Bertz CT molecular complexity index is 506. The number of nitrogens with two attached hydrogens (primary N) is 1. The zero-order valence-electron chi connectivity index (χ0n) is 14.2. The van der Waals surface area contributed by atoms with Crippen molar-refractivity contribution in [3.63, 3.8) is 0 Å². The number of likely N-dealkylation sites (tertiary alicyclic amines) is 1. The summed E-state index contributed by atoms with van der Waals surface area (Å²) < 4.78 is 29.9. The molecule has 0 bridgehead atoms. The Morgan fingerprint density at radius 3 is 2.50 bits per heavy atom. The number of aliphatic imine (C=N–C) groups is 1. The number of nitrogens with zero attached hydrogens (tertiary/aromatic N) is 2. The highest BCUT2D eigenvalue weighted by Crippen LogP contribution is 2.11. The number of hydrogen-bond acceptors (Lipinski definition) is 5. The quantitative estimate of drug-likeness (QED) is 0.206. The summed E-state index contributed by atoms with van der Waals surface area (Å²) in [5.74, 6) is 0.332. The number of sulfonamides is 1. The first kappa shape index (κ1) is 23.2. The molecule has 1 rings (SSSR count). The maximum absolute atomic E-state index is 11.6. The van der Waals surface area contributed by atoms with Crippen LogP contribution in [-0.4, -0.2) is 70.0 Å². The Kier molecular flexibility index (Phi) is 11.3. The van der Waals surface area contributed by atoms with E-state index in [1.165, 1.54) is 0 Å². The van der Waals surface area contributed by atoms with E-state index in [1.807, 2.05) is 0 Å². The molecule has 4 N–H and O–H groups in total. The topological polar surface area (TPSA) is 126 Å². The molecule has 0 saturated carbocycles. The predicted octanol–water partition coefficient (Wildman–Crippen LogP) is 0.0689. The van der Waals surface area contributed by atoms with Gasteiger partial charge in [0, 0.05) is 25.7 Å². The number of piperidine rings is 1. The van der Waals surface area contributed by atoms with Gasteiger partial charge < -0.3 is 20.7 Å². The van der Waals surface area contributed by atoms with Crippen LogP contribution in [0.3, 0.4) is 0 Å². The largest absolute Gasteiger partial charge is 0.450 e. The number of nitrogens with one attached hydrogen (secondary N) is 2. The molecule has 0 radical (unpaired) electrons. The first-order valence-corrected chi connectivity index (χ1v) is 9.48. The van der Waals surface area contributed by atoms with Gasteiger partial charge in [-0.2, -0.15) is 0 Å². The van der Waals surface area contributed by atoms with E-state index >= 15 is 0 Å². The molecule has 0 atom stereocenters. The van der Waals surface area contributed by atoms with Gasteiger partial charge in [-0.3, -0.25) is 4.99 Å². The lowest BCUT2D eigenvalue weighted by molar-refractivity contribution is 0.0963. The van der Waals surface area contributed by atoms with Crippen LogP contribution in [-0.2, 0) is 14.8 Å². The van der Waals surface area contributed by atoms with Crippen LogP contribution in [0.4, 0.5) is 4.79 Å². The second-order valence-corrected chi connectivity index (χ2v) is 7.26. The first-order valence-electron chi connectivity index (χ1n) is 7.83. The third kappa shape index (κ3) is 8.87. The zero-order valence-corrected chi connectivity index (χ0v) is 17.3. The highest BCUT2D eigenvalue weighted by molar-refractivity contribution is 14.0. The summed E-state index contributed by atoms with van der Waals surface area (Å²) in [6, 6.07) is 0.150. The number of ether oxygens (including phenoxy) is 1. The minimum Gasteiger partial charge on any atom is -0.450 e. The molecule has 1 heterocycles. The van der Waals surface area contributed by atoms with Gasteiger partial charge in [0.05, 0.1) is 18.9 Å². The molecule has 0 spiro atoms. The second kappa shape index (κ2) is 11.7. The van der Waals surface area contributed by atoms with Crippen molar-refractivity contribution >= 4 is 46.1 Å². The number of guanidine groups is 1. The van der Waals surface area contributed by atoms with Gasteiger partial charge in [-0.25, -0.2) is 17.9 Å². The van der Waals surface area contributed by atoms with Crippen molar-refractivity contribution in [3.05, 3.63) is 0 Å². The van der Waals surface area contributed by atoms with Gasteiger partial charge in [0.25, 0.3) is 0 Å². The molecule has 24 heavy (non-hydrogen) atoms. The van der Waals surface area contributed by atoms with E-state index in [2.05, 4.69) is 15.0 Å². The monoisotopic (exact) mass is 477 g/mol. The van der Waals surface area contributed by atoms with Crippen molar-refractivity contribution in [3.8, 4) is 0 Å². The smallest absolute Gasteiger partial charge is 0.409 e. The molecule has 1 amide bonds. The SMILES string of the molecule is CCOC(=O)N1CCC(NC(N)=NCCNS(=O)(=O)CC)CC1.I. The molecule has 0 aliphatic carbocycles. The van der Waals surface area contributed by atoms with Crippen LogP contribution < -0.4 is 15.8 Å². The van der Waals surface area contributed by atoms with Crippen LogP contribution >= 0.6 is 24.0 Å². The Balaban J connectivity index is 0.00000529. The minimum absolute atomic E-state index is 0. The van der Waals surface area contributed by atoms with E-state index in [1.54, 1.807) is 18.7 Å². The fourth-order valence-electron chi connectivity index (χ4n) is 2.16. The number of rotatable bonds is 7. The van der Waals surface area contributed by atoms with Gasteiger partial charge in [0.2, 0.25) is 10.0 Å². The van der Waals surface area contributed by atoms with Crippen molar-refractivity contribution in [2.45, 2.75) is 32.7 Å².